The summed E-state index contributed by atoms with van der Waals surface area (Å²) in [5, 5.41) is 0. The summed E-state index contributed by atoms with van der Waals surface area (Å²) in [6.07, 6.45) is -0.0870. The minimum Gasteiger partial charge on any atom is -0.495 e. The van der Waals surface area contributed by atoms with Crippen LogP contribution in [0.2, 0.25) is 0 Å². The van der Waals surface area contributed by atoms with Crippen molar-refractivity contribution in [3.05, 3.63) is 23.3 Å². The van der Waals surface area contributed by atoms with E-state index in [1.54, 1.807) is 12.1 Å². The molecule has 0 saturated carbocycles. The van der Waals surface area contributed by atoms with E-state index >= 15 is 0 Å². The van der Waals surface area contributed by atoms with E-state index in [1.807, 2.05) is 20.8 Å². The van der Waals surface area contributed by atoms with Crippen LogP contribution in [0.4, 0.5) is 0 Å². The Morgan fingerprint density at radius 2 is 1.95 bits per heavy atom. The number of nitrogens with zero attached hydrogens (tertiary/aromatic N) is 1. The van der Waals surface area contributed by atoms with Crippen molar-refractivity contribution in [3.8, 4) is 5.75 Å². The van der Waals surface area contributed by atoms with E-state index in [0.717, 1.165) is 11.1 Å². The third kappa shape index (κ3) is 2.82. The van der Waals surface area contributed by atoms with Crippen LogP contribution >= 0.6 is 0 Å². The molecule has 0 aromatic heterocycles. The second-order valence-electron chi connectivity index (χ2n) is 5.13. The molecule has 1 fully saturated rings. The SMILES string of the molecule is COc1cc(C)c(C)cc1S(=O)(=O)N1CCOC(C)C1. The molecular weight excluding hydrogens is 278 g/mol. The van der Waals surface area contributed by atoms with Crippen LogP contribution in [0.25, 0.3) is 0 Å². The van der Waals surface area contributed by atoms with Gasteiger partial charge in [-0.15, -0.1) is 0 Å². The normalized spacial score (nSPS) is 20.9. The highest BCUT2D eigenvalue weighted by molar-refractivity contribution is 7.89. The number of benzene rings is 1. The standard InChI is InChI=1S/C14H21NO4S/c1-10-7-13(18-4)14(8-11(10)2)20(16,17)15-5-6-19-12(3)9-15/h7-8,12H,5-6,9H2,1-4H3. The number of sulfonamides is 1. The Morgan fingerprint density at radius 3 is 2.55 bits per heavy atom. The molecule has 0 bridgehead atoms. The molecule has 2 rings (SSSR count). The second-order valence-corrected chi connectivity index (χ2v) is 7.04. The van der Waals surface area contributed by atoms with Gasteiger partial charge in [-0.3, -0.25) is 0 Å². The quantitative estimate of drug-likeness (QED) is 0.853. The lowest BCUT2D eigenvalue weighted by Crippen LogP contribution is -2.44. The average molecular weight is 299 g/mol. The van der Waals surface area contributed by atoms with E-state index in [-0.39, 0.29) is 11.0 Å². The first-order valence-corrected chi connectivity index (χ1v) is 8.07. The van der Waals surface area contributed by atoms with Crippen molar-refractivity contribution < 1.29 is 17.9 Å². The van der Waals surface area contributed by atoms with Crippen LogP contribution < -0.4 is 4.74 Å². The van der Waals surface area contributed by atoms with E-state index in [2.05, 4.69) is 0 Å². The maximum atomic E-state index is 12.8. The summed E-state index contributed by atoms with van der Waals surface area (Å²) >= 11 is 0. The van der Waals surface area contributed by atoms with E-state index in [4.69, 9.17) is 9.47 Å². The summed E-state index contributed by atoms with van der Waals surface area (Å²) in [7, 11) is -2.06. The molecule has 20 heavy (non-hydrogen) atoms. The van der Waals surface area contributed by atoms with Crippen molar-refractivity contribution in [2.45, 2.75) is 31.8 Å². The van der Waals surface area contributed by atoms with Gasteiger partial charge in [0.1, 0.15) is 10.6 Å². The highest BCUT2D eigenvalue weighted by Crippen LogP contribution is 2.30. The Kier molecular flexibility index (Phi) is 4.36. The van der Waals surface area contributed by atoms with Gasteiger partial charge in [0.25, 0.3) is 0 Å². The van der Waals surface area contributed by atoms with Crippen molar-refractivity contribution in [3.63, 3.8) is 0 Å². The topological polar surface area (TPSA) is 55.8 Å². The molecule has 0 amide bonds. The lowest BCUT2D eigenvalue weighted by Gasteiger charge is -2.30. The van der Waals surface area contributed by atoms with E-state index in [9.17, 15) is 8.42 Å². The predicted molar refractivity (Wildman–Crippen MR) is 76.6 cm³/mol. The number of methoxy groups -OCH3 is 1. The van der Waals surface area contributed by atoms with Gasteiger partial charge in [-0.2, -0.15) is 4.31 Å². The smallest absolute Gasteiger partial charge is 0.246 e. The number of hydrogen-bond acceptors (Lipinski definition) is 4. The van der Waals surface area contributed by atoms with Crippen LogP contribution in [0.1, 0.15) is 18.1 Å². The second kappa shape index (κ2) is 5.71. The molecule has 1 aromatic carbocycles. The predicted octanol–water partition coefficient (Wildman–Crippen LogP) is 1.72. The fraction of sp³-hybridized carbons (Fsp3) is 0.571. The molecule has 1 aromatic rings. The molecular formula is C14H21NO4S. The van der Waals surface area contributed by atoms with Crippen molar-refractivity contribution in [1.29, 1.82) is 0 Å². The highest BCUT2D eigenvalue weighted by atomic mass is 32.2. The first-order chi connectivity index (χ1) is 9.36. The minimum atomic E-state index is -3.55. The fourth-order valence-electron chi connectivity index (χ4n) is 2.27. The first kappa shape index (κ1) is 15.3. The van der Waals surface area contributed by atoms with Crippen LogP contribution in [-0.2, 0) is 14.8 Å². The molecule has 0 aliphatic carbocycles. The average Bonchev–Trinajstić information content (AvgIpc) is 2.41. The molecule has 1 aliphatic heterocycles. The van der Waals surface area contributed by atoms with Gasteiger partial charge in [-0.05, 0) is 44.0 Å². The summed E-state index contributed by atoms with van der Waals surface area (Å²) in [5.41, 5.74) is 1.95. The summed E-state index contributed by atoms with van der Waals surface area (Å²) in [6, 6.07) is 3.45. The van der Waals surface area contributed by atoms with E-state index < -0.39 is 10.0 Å². The van der Waals surface area contributed by atoms with E-state index in [0.29, 0.717) is 25.4 Å². The molecule has 6 heteroatoms. The summed E-state index contributed by atoms with van der Waals surface area (Å²) in [6.45, 7) is 6.88. The van der Waals surface area contributed by atoms with Crippen LogP contribution in [-0.4, -0.2) is 45.6 Å². The Balaban J connectivity index is 2.46. The molecule has 1 heterocycles. The van der Waals surface area contributed by atoms with Crippen molar-refractivity contribution in [2.75, 3.05) is 26.8 Å². The van der Waals surface area contributed by atoms with Crippen LogP contribution in [0.3, 0.4) is 0 Å². The molecule has 1 atom stereocenters. The number of rotatable bonds is 3. The van der Waals surface area contributed by atoms with Gasteiger partial charge in [-0.25, -0.2) is 8.42 Å². The molecule has 5 nitrogen and oxygen atoms in total. The zero-order valence-electron chi connectivity index (χ0n) is 12.3. The fourth-order valence-corrected chi connectivity index (χ4v) is 3.99. The third-order valence-corrected chi connectivity index (χ3v) is 5.49. The number of ether oxygens (including phenoxy) is 2. The largest absolute Gasteiger partial charge is 0.495 e. The van der Waals surface area contributed by atoms with Gasteiger partial charge >= 0.3 is 0 Å². The lowest BCUT2D eigenvalue weighted by atomic mass is 10.1. The lowest BCUT2D eigenvalue weighted by molar-refractivity contribution is 0.0101. The number of hydrogen-bond donors (Lipinski definition) is 0. The molecule has 1 unspecified atom stereocenters. The molecule has 112 valence electrons. The molecule has 0 radical (unpaired) electrons. The number of aryl methyl sites for hydroxylation is 2. The Morgan fingerprint density at radius 1 is 1.30 bits per heavy atom. The Bertz CT molecular complexity index is 597. The van der Waals surface area contributed by atoms with Gasteiger partial charge in [-0.1, -0.05) is 0 Å². The molecule has 1 saturated heterocycles. The summed E-state index contributed by atoms with van der Waals surface area (Å²) in [5.74, 6) is 0.396. The summed E-state index contributed by atoms with van der Waals surface area (Å²) < 4.78 is 37.6. The van der Waals surface area contributed by atoms with Gasteiger partial charge in [0.2, 0.25) is 10.0 Å². The van der Waals surface area contributed by atoms with Crippen molar-refractivity contribution in [1.82, 2.24) is 4.31 Å². The Hall–Kier alpha value is -1.11. The molecule has 0 spiro atoms. The monoisotopic (exact) mass is 299 g/mol. The maximum Gasteiger partial charge on any atom is 0.246 e. The molecule has 0 N–H and O–H groups in total. The van der Waals surface area contributed by atoms with Crippen LogP contribution in [0, 0.1) is 13.8 Å². The zero-order chi connectivity index (χ0) is 14.9. The van der Waals surface area contributed by atoms with E-state index in [1.165, 1.54) is 11.4 Å². The van der Waals surface area contributed by atoms with Gasteiger partial charge in [0.05, 0.1) is 19.8 Å². The van der Waals surface area contributed by atoms with Gasteiger partial charge in [0.15, 0.2) is 0 Å². The molecule has 1 aliphatic rings. The van der Waals surface area contributed by atoms with Crippen LogP contribution in [0.15, 0.2) is 17.0 Å². The third-order valence-electron chi connectivity index (χ3n) is 3.60. The van der Waals surface area contributed by atoms with Crippen molar-refractivity contribution in [2.24, 2.45) is 0 Å². The van der Waals surface area contributed by atoms with Crippen molar-refractivity contribution >= 4 is 10.0 Å². The van der Waals surface area contributed by atoms with Crippen LogP contribution in [0.5, 0.6) is 5.75 Å². The Labute approximate surface area is 120 Å². The first-order valence-electron chi connectivity index (χ1n) is 6.63. The summed E-state index contributed by atoms with van der Waals surface area (Å²) in [4.78, 5) is 0.234. The number of morpholine rings is 1. The minimum absolute atomic E-state index is 0.0870. The highest BCUT2D eigenvalue weighted by Gasteiger charge is 2.31. The van der Waals surface area contributed by atoms with Gasteiger partial charge < -0.3 is 9.47 Å². The zero-order valence-corrected chi connectivity index (χ0v) is 13.2. The maximum absolute atomic E-state index is 12.8. The van der Waals surface area contributed by atoms with Gasteiger partial charge in [0, 0.05) is 13.1 Å².